The van der Waals surface area contributed by atoms with Crippen molar-refractivity contribution >= 4 is 15.9 Å². The summed E-state index contributed by atoms with van der Waals surface area (Å²) in [5, 5.41) is -0.304. The summed E-state index contributed by atoms with van der Waals surface area (Å²) in [5.41, 5.74) is 2.21. The third kappa shape index (κ3) is 2.70. The summed E-state index contributed by atoms with van der Waals surface area (Å²) >= 11 is 0. The Bertz CT molecular complexity index is 797. The minimum absolute atomic E-state index is 0.00637. The van der Waals surface area contributed by atoms with E-state index in [1.54, 1.807) is 0 Å². The van der Waals surface area contributed by atoms with Crippen molar-refractivity contribution in [1.82, 2.24) is 9.21 Å². The summed E-state index contributed by atoms with van der Waals surface area (Å²) in [6.07, 6.45) is 3.40. The Morgan fingerprint density at radius 2 is 1.80 bits per heavy atom. The van der Waals surface area contributed by atoms with Gasteiger partial charge in [0.25, 0.3) is 0 Å². The van der Waals surface area contributed by atoms with Crippen molar-refractivity contribution in [2.45, 2.75) is 56.2 Å². The summed E-state index contributed by atoms with van der Waals surface area (Å²) in [6.45, 7) is 5.32. The summed E-state index contributed by atoms with van der Waals surface area (Å²) < 4.78 is 27.5. The minimum atomic E-state index is -3.39. The molecule has 1 unspecified atom stereocenters. The average Bonchev–Trinajstić information content (AvgIpc) is 3.11. The van der Waals surface area contributed by atoms with E-state index >= 15 is 0 Å². The van der Waals surface area contributed by atoms with E-state index in [1.165, 1.54) is 9.87 Å². The van der Waals surface area contributed by atoms with Gasteiger partial charge in [0, 0.05) is 18.5 Å². The van der Waals surface area contributed by atoms with Gasteiger partial charge in [-0.15, -0.1) is 0 Å². The molecule has 1 aliphatic carbocycles. The highest BCUT2D eigenvalue weighted by molar-refractivity contribution is 7.89. The number of carbonyl (C=O) groups excluding carboxylic acids is 1. The van der Waals surface area contributed by atoms with E-state index in [9.17, 15) is 13.2 Å². The molecule has 6 heteroatoms. The van der Waals surface area contributed by atoms with Crippen LogP contribution in [0.25, 0.3) is 0 Å². The molecule has 5 nitrogen and oxygen atoms in total. The smallest absolute Gasteiger partial charge is 0.238 e. The fraction of sp³-hybridized carbons (Fsp3) is 0.632. The molecule has 4 rings (SSSR count). The molecule has 0 N–H and O–H groups in total. The molecule has 0 bridgehead atoms. The Kier molecular flexibility index (Phi) is 3.96. The van der Waals surface area contributed by atoms with Crippen molar-refractivity contribution in [2.75, 3.05) is 19.6 Å². The van der Waals surface area contributed by atoms with E-state index in [1.807, 2.05) is 23.1 Å². The van der Waals surface area contributed by atoms with Gasteiger partial charge in [-0.25, -0.2) is 8.42 Å². The zero-order valence-electron chi connectivity index (χ0n) is 14.9. The summed E-state index contributed by atoms with van der Waals surface area (Å²) in [5.74, 6) is -0.0691. The molecule has 0 radical (unpaired) electrons. The van der Waals surface area contributed by atoms with Crippen molar-refractivity contribution in [3.8, 4) is 0 Å². The molecule has 3 aliphatic rings. The molecule has 2 aliphatic heterocycles. The first-order chi connectivity index (χ1) is 11.8. The highest BCUT2D eigenvalue weighted by Gasteiger charge is 2.47. The predicted octanol–water partition coefficient (Wildman–Crippen LogP) is 2.44. The summed E-state index contributed by atoms with van der Waals surface area (Å²) in [7, 11) is -3.39. The molecule has 0 spiro atoms. The largest absolute Gasteiger partial charge is 0.332 e. The quantitative estimate of drug-likeness (QED) is 0.812. The lowest BCUT2D eigenvalue weighted by Gasteiger charge is -2.49. The van der Waals surface area contributed by atoms with E-state index in [4.69, 9.17) is 0 Å². The van der Waals surface area contributed by atoms with Crippen molar-refractivity contribution in [3.05, 3.63) is 35.4 Å². The molecule has 1 atom stereocenters. The first kappa shape index (κ1) is 17.0. The second-order valence-electron chi connectivity index (χ2n) is 8.25. The van der Waals surface area contributed by atoms with Crippen LogP contribution in [0, 0.1) is 0 Å². The molecule has 1 aromatic rings. The van der Waals surface area contributed by atoms with Gasteiger partial charge in [0.15, 0.2) is 0 Å². The molecule has 1 saturated carbocycles. The van der Waals surface area contributed by atoms with Crippen molar-refractivity contribution in [1.29, 1.82) is 0 Å². The standard InChI is InChI=1S/C19H26N2O3S/c1-19(2)13-21-17(15-9-5-6-10-16(15)19)11-20(12-18(21)22)25(23,24)14-7-3-4-8-14/h5-6,9-10,14,17H,3-4,7-8,11-13H2,1-2H3. The topological polar surface area (TPSA) is 57.7 Å². The molecule has 1 saturated heterocycles. The lowest BCUT2D eigenvalue weighted by molar-refractivity contribution is -0.139. The van der Waals surface area contributed by atoms with Gasteiger partial charge in [-0.05, 0) is 24.0 Å². The summed E-state index contributed by atoms with van der Waals surface area (Å²) in [4.78, 5) is 14.7. The molecule has 136 valence electrons. The molecule has 2 fully saturated rings. The lowest BCUT2D eigenvalue weighted by atomic mass is 9.75. The van der Waals surface area contributed by atoms with Crippen LogP contribution in [0.15, 0.2) is 24.3 Å². The Morgan fingerprint density at radius 3 is 2.52 bits per heavy atom. The number of hydrogen-bond acceptors (Lipinski definition) is 3. The number of sulfonamides is 1. The van der Waals surface area contributed by atoms with Crippen molar-refractivity contribution < 1.29 is 13.2 Å². The van der Waals surface area contributed by atoms with Crippen molar-refractivity contribution in [3.63, 3.8) is 0 Å². The number of carbonyl (C=O) groups is 1. The number of benzene rings is 1. The van der Waals surface area contributed by atoms with E-state index in [-0.39, 0.29) is 29.2 Å². The second kappa shape index (κ2) is 5.81. The Labute approximate surface area is 150 Å². The van der Waals surface area contributed by atoms with Crippen LogP contribution in [0.5, 0.6) is 0 Å². The molecular weight excluding hydrogens is 336 g/mol. The van der Waals surface area contributed by atoms with Gasteiger partial charge < -0.3 is 4.90 Å². The van der Waals surface area contributed by atoms with E-state index in [0.29, 0.717) is 13.1 Å². The second-order valence-corrected chi connectivity index (χ2v) is 10.5. The number of nitrogens with zero attached hydrogens (tertiary/aromatic N) is 2. The van der Waals surface area contributed by atoms with Gasteiger partial charge in [-0.1, -0.05) is 51.0 Å². The normalized spacial score (nSPS) is 27.2. The van der Waals surface area contributed by atoms with Crippen LogP contribution in [0.1, 0.15) is 56.7 Å². The molecule has 1 amide bonds. The van der Waals surface area contributed by atoms with Gasteiger partial charge in [-0.3, -0.25) is 4.79 Å². The van der Waals surface area contributed by atoms with Gasteiger partial charge in [0.05, 0.1) is 17.8 Å². The van der Waals surface area contributed by atoms with E-state index in [2.05, 4.69) is 19.9 Å². The first-order valence-electron chi connectivity index (χ1n) is 9.18. The highest BCUT2D eigenvalue weighted by Crippen LogP contribution is 2.42. The molecule has 1 aromatic carbocycles. The first-order valence-corrected chi connectivity index (χ1v) is 10.7. The molecular formula is C19H26N2O3S. The van der Waals surface area contributed by atoms with Gasteiger partial charge in [-0.2, -0.15) is 4.31 Å². The SMILES string of the molecule is CC1(C)CN2C(=O)CN(S(=O)(=O)C3CCCC3)CC2c2ccccc21. The maximum absolute atomic E-state index is 13.0. The summed E-state index contributed by atoms with van der Waals surface area (Å²) in [6, 6.07) is 8.00. The van der Waals surface area contributed by atoms with Crippen LogP contribution in [0.4, 0.5) is 0 Å². The van der Waals surface area contributed by atoms with Gasteiger partial charge >= 0.3 is 0 Å². The lowest BCUT2D eigenvalue weighted by Crippen LogP contribution is -2.59. The van der Waals surface area contributed by atoms with Gasteiger partial charge in [0.1, 0.15) is 0 Å². The fourth-order valence-electron chi connectivity index (χ4n) is 4.74. The Hall–Kier alpha value is -1.40. The predicted molar refractivity (Wildman–Crippen MR) is 96.7 cm³/mol. The minimum Gasteiger partial charge on any atom is -0.332 e. The van der Waals surface area contributed by atoms with Crippen LogP contribution in [0.3, 0.4) is 0 Å². The number of piperazine rings is 1. The molecule has 0 aromatic heterocycles. The third-order valence-electron chi connectivity index (χ3n) is 6.08. The highest BCUT2D eigenvalue weighted by atomic mass is 32.2. The van der Waals surface area contributed by atoms with Gasteiger partial charge in [0.2, 0.25) is 15.9 Å². The maximum Gasteiger partial charge on any atom is 0.238 e. The third-order valence-corrected chi connectivity index (χ3v) is 8.39. The van der Waals surface area contributed by atoms with Crippen LogP contribution < -0.4 is 0 Å². The number of hydrogen-bond donors (Lipinski definition) is 0. The number of fused-ring (bicyclic) bond motifs is 3. The van der Waals surface area contributed by atoms with Crippen LogP contribution >= 0.6 is 0 Å². The zero-order valence-corrected chi connectivity index (χ0v) is 15.8. The van der Waals surface area contributed by atoms with Crippen LogP contribution in [0.2, 0.25) is 0 Å². The Morgan fingerprint density at radius 1 is 1.12 bits per heavy atom. The zero-order chi connectivity index (χ0) is 17.8. The number of amides is 1. The van der Waals surface area contributed by atoms with E-state index in [0.717, 1.165) is 31.2 Å². The van der Waals surface area contributed by atoms with E-state index < -0.39 is 10.0 Å². The fourth-order valence-corrected chi connectivity index (χ4v) is 6.73. The van der Waals surface area contributed by atoms with Crippen LogP contribution in [-0.4, -0.2) is 48.4 Å². The Balaban J connectivity index is 1.70. The maximum atomic E-state index is 13.0. The monoisotopic (exact) mass is 362 g/mol. The molecule has 2 heterocycles. The van der Waals surface area contributed by atoms with Crippen molar-refractivity contribution in [2.24, 2.45) is 0 Å². The number of rotatable bonds is 2. The average molecular weight is 362 g/mol. The van der Waals surface area contributed by atoms with Crippen LogP contribution in [-0.2, 0) is 20.2 Å². The molecule has 25 heavy (non-hydrogen) atoms.